The Morgan fingerprint density at radius 2 is 1.80 bits per heavy atom. The number of carbonyl (C=O) groups excluding carboxylic acids is 2. The maximum Gasteiger partial charge on any atom is 0.233 e. The lowest BCUT2D eigenvalue weighted by molar-refractivity contribution is -0.126. The van der Waals surface area contributed by atoms with E-state index >= 15 is 0 Å². The van der Waals surface area contributed by atoms with E-state index in [-0.39, 0.29) is 24.0 Å². The molecule has 1 aromatic rings. The number of hydrogen-bond acceptors (Lipinski definition) is 3. The molecule has 0 aromatic heterocycles. The first-order valence-corrected chi connectivity index (χ1v) is 4.41. The first kappa shape index (κ1) is 11.0. The third-order valence-corrected chi connectivity index (χ3v) is 1.75. The maximum absolute atomic E-state index is 11.2. The lowest BCUT2D eigenvalue weighted by atomic mass is 10.3. The molecular formula is C10H12N2O3. The zero-order valence-corrected chi connectivity index (χ0v) is 8.28. The summed E-state index contributed by atoms with van der Waals surface area (Å²) in [6, 6.07) is 6.01. The smallest absolute Gasteiger partial charge is 0.233 e. The summed E-state index contributed by atoms with van der Waals surface area (Å²) in [5, 5.41) is 13.9. The fourth-order valence-electron chi connectivity index (χ4n) is 0.984. The predicted octanol–water partition coefficient (Wildman–Crippen LogP) is 0.467. The van der Waals surface area contributed by atoms with Crippen molar-refractivity contribution in [3.8, 4) is 5.75 Å². The average molecular weight is 208 g/mol. The van der Waals surface area contributed by atoms with Crippen molar-refractivity contribution in [2.75, 3.05) is 12.4 Å². The number of phenolic OH excluding ortho intramolecular Hbond substituents is 1. The molecule has 3 N–H and O–H groups in total. The zero-order chi connectivity index (χ0) is 11.3. The number of carbonyl (C=O) groups is 2. The minimum atomic E-state index is -0.389. The zero-order valence-electron chi connectivity index (χ0n) is 8.28. The molecule has 0 aliphatic heterocycles. The Bertz CT molecular complexity index is 359. The number of amides is 2. The summed E-state index contributed by atoms with van der Waals surface area (Å²) >= 11 is 0. The molecule has 0 spiro atoms. The second-order valence-electron chi connectivity index (χ2n) is 2.95. The molecule has 5 heteroatoms. The highest BCUT2D eigenvalue weighted by Gasteiger charge is 2.07. The van der Waals surface area contributed by atoms with E-state index in [0.717, 1.165) is 0 Å². The average Bonchev–Trinajstić information content (AvgIpc) is 2.21. The third-order valence-electron chi connectivity index (χ3n) is 1.75. The van der Waals surface area contributed by atoms with Crippen LogP contribution in [-0.4, -0.2) is 24.0 Å². The number of hydrogen-bond donors (Lipinski definition) is 3. The summed E-state index contributed by atoms with van der Waals surface area (Å²) in [6.07, 6.45) is -0.211. The quantitative estimate of drug-likeness (QED) is 0.499. The van der Waals surface area contributed by atoms with Gasteiger partial charge in [0.25, 0.3) is 0 Å². The highest BCUT2D eigenvalue weighted by molar-refractivity contribution is 6.03. The summed E-state index contributed by atoms with van der Waals surface area (Å²) in [6.45, 7) is 0. The van der Waals surface area contributed by atoms with Crippen molar-refractivity contribution in [1.29, 1.82) is 0 Å². The van der Waals surface area contributed by atoms with Gasteiger partial charge in [-0.15, -0.1) is 0 Å². The summed E-state index contributed by atoms with van der Waals surface area (Å²) in [4.78, 5) is 22.1. The van der Waals surface area contributed by atoms with Crippen LogP contribution in [0.15, 0.2) is 24.3 Å². The van der Waals surface area contributed by atoms with E-state index in [0.29, 0.717) is 5.69 Å². The Hall–Kier alpha value is -2.04. The molecular weight excluding hydrogens is 196 g/mol. The van der Waals surface area contributed by atoms with Gasteiger partial charge in [0.1, 0.15) is 12.2 Å². The molecule has 0 aliphatic carbocycles. The van der Waals surface area contributed by atoms with E-state index in [4.69, 9.17) is 5.11 Å². The van der Waals surface area contributed by atoms with Gasteiger partial charge < -0.3 is 15.7 Å². The highest BCUT2D eigenvalue weighted by atomic mass is 16.3. The van der Waals surface area contributed by atoms with Gasteiger partial charge in [0.2, 0.25) is 11.8 Å². The molecule has 0 heterocycles. The van der Waals surface area contributed by atoms with Crippen molar-refractivity contribution < 1.29 is 14.7 Å². The first-order valence-electron chi connectivity index (χ1n) is 4.41. The van der Waals surface area contributed by atoms with Gasteiger partial charge in [-0.05, 0) is 24.3 Å². The highest BCUT2D eigenvalue weighted by Crippen LogP contribution is 2.13. The Morgan fingerprint density at radius 1 is 1.20 bits per heavy atom. The Labute approximate surface area is 87.1 Å². The Balaban J connectivity index is 2.51. The van der Waals surface area contributed by atoms with Gasteiger partial charge in [0.15, 0.2) is 0 Å². The van der Waals surface area contributed by atoms with Crippen LogP contribution in [0.3, 0.4) is 0 Å². The number of anilines is 1. The molecule has 0 bridgehead atoms. The molecule has 0 atom stereocenters. The van der Waals surface area contributed by atoms with Crippen molar-refractivity contribution >= 4 is 17.5 Å². The third kappa shape index (κ3) is 3.68. The Kier molecular flexibility index (Phi) is 3.68. The second kappa shape index (κ2) is 4.99. The number of phenols is 1. The van der Waals surface area contributed by atoms with Crippen LogP contribution in [0.5, 0.6) is 5.75 Å². The van der Waals surface area contributed by atoms with Crippen LogP contribution in [0.4, 0.5) is 5.69 Å². The lowest BCUT2D eigenvalue weighted by Gasteiger charge is -2.04. The van der Waals surface area contributed by atoms with Crippen LogP contribution in [0.2, 0.25) is 0 Å². The topological polar surface area (TPSA) is 78.4 Å². The number of benzene rings is 1. The molecule has 5 nitrogen and oxygen atoms in total. The van der Waals surface area contributed by atoms with E-state index in [1.807, 2.05) is 0 Å². The SMILES string of the molecule is CNC(=O)CC(=O)Nc1ccc(O)cc1. The molecule has 2 amide bonds. The molecule has 0 saturated heterocycles. The standard InChI is InChI=1S/C10H12N2O3/c1-11-9(14)6-10(15)12-7-2-4-8(13)5-3-7/h2-5,13H,6H2,1H3,(H,11,14)(H,12,15). The van der Waals surface area contributed by atoms with Crippen LogP contribution in [-0.2, 0) is 9.59 Å². The fourth-order valence-corrected chi connectivity index (χ4v) is 0.984. The summed E-state index contributed by atoms with van der Waals surface area (Å²) in [7, 11) is 1.47. The van der Waals surface area contributed by atoms with Crippen LogP contribution >= 0.6 is 0 Å². The molecule has 1 aromatic carbocycles. The van der Waals surface area contributed by atoms with Gasteiger partial charge in [-0.25, -0.2) is 0 Å². The molecule has 80 valence electrons. The summed E-state index contributed by atoms with van der Waals surface area (Å²) < 4.78 is 0. The molecule has 0 radical (unpaired) electrons. The number of aromatic hydroxyl groups is 1. The normalized spacial score (nSPS) is 9.40. The van der Waals surface area contributed by atoms with Crippen LogP contribution in [0.25, 0.3) is 0 Å². The van der Waals surface area contributed by atoms with Gasteiger partial charge in [0, 0.05) is 12.7 Å². The number of rotatable bonds is 3. The van der Waals surface area contributed by atoms with Crippen molar-refractivity contribution in [1.82, 2.24) is 5.32 Å². The monoisotopic (exact) mass is 208 g/mol. The molecule has 15 heavy (non-hydrogen) atoms. The van der Waals surface area contributed by atoms with Gasteiger partial charge in [-0.3, -0.25) is 9.59 Å². The van der Waals surface area contributed by atoms with Crippen molar-refractivity contribution in [3.05, 3.63) is 24.3 Å². The maximum atomic E-state index is 11.2. The largest absolute Gasteiger partial charge is 0.508 e. The minimum Gasteiger partial charge on any atom is -0.508 e. The van der Waals surface area contributed by atoms with E-state index in [1.54, 1.807) is 12.1 Å². The van der Waals surface area contributed by atoms with Gasteiger partial charge >= 0.3 is 0 Å². The van der Waals surface area contributed by atoms with E-state index < -0.39 is 0 Å². The van der Waals surface area contributed by atoms with Gasteiger partial charge in [-0.2, -0.15) is 0 Å². The van der Waals surface area contributed by atoms with E-state index in [2.05, 4.69) is 10.6 Å². The molecule has 0 aliphatic rings. The number of nitrogens with one attached hydrogen (secondary N) is 2. The molecule has 0 unspecified atom stereocenters. The van der Waals surface area contributed by atoms with Crippen LogP contribution in [0, 0.1) is 0 Å². The van der Waals surface area contributed by atoms with Gasteiger partial charge in [0.05, 0.1) is 0 Å². The van der Waals surface area contributed by atoms with Crippen molar-refractivity contribution in [2.45, 2.75) is 6.42 Å². The van der Waals surface area contributed by atoms with Crippen LogP contribution < -0.4 is 10.6 Å². The minimum absolute atomic E-state index is 0.124. The van der Waals surface area contributed by atoms with Crippen LogP contribution in [0.1, 0.15) is 6.42 Å². The second-order valence-corrected chi connectivity index (χ2v) is 2.95. The van der Waals surface area contributed by atoms with E-state index in [9.17, 15) is 9.59 Å². The first-order chi connectivity index (χ1) is 7.11. The van der Waals surface area contributed by atoms with Gasteiger partial charge in [-0.1, -0.05) is 0 Å². The van der Waals surface area contributed by atoms with E-state index in [1.165, 1.54) is 19.2 Å². The summed E-state index contributed by atoms with van der Waals surface area (Å²) in [5.41, 5.74) is 0.543. The van der Waals surface area contributed by atoms with Crippen molar-refractivity contribution in [3.63, 3.8) is 0 Å². The molecule has 0 fully saturated rings. The van der Waals surface area contributed by atoms with Crippen molar-refractivity contribution in [2.24, 2.45) is 0 Å². The lowest BCUT2D eigenvalue weighted by Crippen LogP contribution is -2.24. The Morgan fingerprint density at radius 3 is 2.33 bits per heavy atom. The molecule has 0 saturated carbocycles. The fraction of sp³-hybridized carbons (Fsp3) is 0.200. The predicted molar refractivity (Wildman–Crippen MR) is 55.4 cm³/mol. The molecule has 1 rings (SSSR count). The summed E-state index contributed by atoms with van der Waals surface area (Å²) in [5.74, 6) is -0.606.